The van der Waals surface area contributed by atoms with Crippen molar-refractivity contribution in [1.82, 2.24) is 9.80 Å². The highest BCUT2D eigenvalue weighted by atomic mass is 16.3. The first-order valence-corrected chi connectivity index (χ1v) is 10.3. The Bertz CT molecular complexity index is 797. The predicted octanol–water partition coefficient (Wildman–Crippen LogP) is 1.85. The van der Waals surface area contributed by atoms with Crippen molar-refractivity contribution >= 4 is 5.69 Å². The summed E-state index contributed by atoms with van der Waals surface area (Å²) in [5.41, 5.74) is 5.18. The molecule has 0 radical (unpaired) electrons. The van der Waals surface area contributed by atoms with Crippen LogP contribution in [-0.2, 0) is 13.0 Å². The number of piperazine rings is 1. The number of rotatable bonds is 5. The normalized spacial score (nSPS) is 22.1. The zero-order chi connectivity index (χ0) is 19.5. The van der Waals surface area contributed by atoms with E-state index in [0.29, 0.717) is 19.6 Å². The maximum Gasteiger partial charge on any atom is 0.125 e. The number of aliphatic hydroxyl groups is 2. The molecule has 2 atom stereocenters. The van der Waals surface area contributed by atoms with Crippen molar-refractivity contribution < 1.29 is 10.2 Å². The van der Waals surface area contributed by atoms with Crippen LogP contribution in [0, 0.1) is 6.92 Å². The standard InChI is InChI=1S/C23H31N3O2/c1-18-5-4-8-21(13-18)25-11-12-26(23(28)17-25)16-22(27)15-24-10-9-19-6-2-3-7-20(19)14-24/h2-8,13,22-23,27-28H,9-12,14-17H2,1H3. The van der Waals surface area contributed by atoms with E-state index in [2.05, 4.69) is 65.3 Å². The van der Waals surface area contributed by atoms with E-state index in [1.54, 1.807) is 0 Å². The molecule has 2 N–H and O–H groups in total. The second-order valence-corrected chi connectivity index (χ2v) is 8.17. The summed E-state index contributed by atoms with van der Waals surface area (Å²) >= 11 is 0. The minimum absolute atomic E-state index is 0.453. The van der Waals surface area contributed by atoms with Crippen LogP contribution in [0.25, 0.3) is 0 Å². The number of hydrogen-bond acceptors (Lipinski definition) is 5. The fraction of sp³-hybridized carbons (Fsp3) is 0.478. The fourth-order valence-electron chi connectivity index (χ4n) is 4.41. The van der Waals surface area contributed by atoms with Gasteiger partial charge in [0.05, 0.1) is 12.6 Å². The summed E-state index contributed by atoms with van der Waals surface area (Å²) in [6, 6.07) is 17.0. The summed E-state index contributed by atoms with van der Waals surface area (Å²) in [6.45, 7) is 7.34. The number of benzene rings is 2. The maximum atomic E-state index is 10.6. The van der Waals surface area contributed by atoms with Crippen LogP contribution in [0.3, 0.4) is 0 Å². The molecule has 0 aromatic heterocycles. The van der Waals surface area contributed by atoms with E-state index in [-0.39, 0.29) is 0 Å². The summed E-state index contributed by atoms with van der Waals surface area (Å²) in [5, 5.41) is 21.2. The first kappa shape index (κ1) is 19.4. The van der Waals surface area contributed by atoms with Crippen molar-refractivity contribution in [2.75, 3.05) is 44.2 Å². The minimum Gasteiger partial charge on any atom is -0.390 e. The van der Waals surface area contributed by atoms with Crippen LogP contribution in [0.1, 0.15) is 16.7 Å². The van der Waals surface area contributed by atoms with Crippen LogP contribution in [0.2, 0.25) is 0 Å². The van der Waals surface area contributed by atoms with Gasteiger partial charge in [0, 0.05) is 45.0 Å². The van der Waals surface area contributed by atoms with Crippen LogP contribution >= 0.6 is 0 Å². The molecule has 0 saturated carbocycles. The molecule has 5 heteroatoms. The number of aliphatic hydroxyl groups excluding tert-OH is 2. The smallest absolute Gasteiger partial charge is 0.125 e. The van der Waals surface area contributed by atoms with Crippen molar-refractivity contribution in [3.8, 4) is 0 Å². The molecule has 4 rings (SSSR count). The van der Waals surface area contributed by atoms with Gasteiger partial charge in [0.2, 0.25) is 0 Å². The van der Waals surface area contributed by atoms with Crippen LogP contribution < -0.4 is 4.90 Å². The summed E-state index contributed by atoms with van der Waals surface area (Å²) in [7, 11) is 0. The van der Waals surface area contributed by atoms with E-state index >= 15 is 0 Å². The minimum atomic E-state index is -0.550. The average Bonchev–Trinajstić information content (AvgIpc) is 2.69. The van der Waals surface area contributed by atoms with Gasteiger partial charge in [-0.05, 0) is 42.2 Å². The summed E-state index contributed by atoms with van der Waals surface area (Å²) in [5.74, 6) is 0. The molecule has 0 aliphatic carbocycles. The quantitative estimate of drug-likeness (QED) is 0.828. The van der Waals surface area contributed by atoms with Crippen molar-refractivity contribution in [3.63, 3.8) is 0 Å². The molecule has 150 valence electrons. The van der Waals surface area contributed by atoms with Crippen molar-refractivity contribution in [1.29, 1.82) is 0 Å². The second kappa shape index (κ2) is 8.62. The lowest BCUT2D eigenvalue weighted by Crippen LogP contribution is -2.56. The molecular formula is C23H31N3O2. The molecule has 2 aliphatic rings. The highest BCUT2D eigenvalue weighted by molar-refractivity contribution is 5.48. The first-order chi connectivity index (χ1) is 13.6. The van der Waals surface area contributed by atoms with E-state index in [4.69, 9.17) is 0 Å². The molecule has 5 nitrogen and oxygen atoms in total. The van der Waals surface area contributed by atoms with Crippen molar-refractivity contribution in [3.05, 3.63) is 65.2 Å². The van der Waals surface area contributed by atoms with E-state index in [0.717, 1.165) is 38.3 Å². The van der Waals surface area contributed by atoms with E-state index in [1.165, 1.54) is 16.7 Å². The number of hydrogen-bond donors (Lipinski definition) is 2. The second-order valence-electron chi connectivity index (χ2n) is 8.17. The van der Waals surface area contributed by atoms with Crippen molar-refractivity contribution in [2.24, 2.45) is 0 Å². The number of nitrogens with zero attached hydrogens (tertiary/aromatic N) is 3. The van der Waals surface area contributed by atoms with Gasteiger partial charge in [-0.15, -0.1) is 0 Å². The molecular weight excluding hydrogens is 350 g/mol. The molecule has 2 aromatic rings. The molecule has 0 spiro atoms. The highest BCUT2D eigenvalue weighted by Crippen LogP contribution is 2.21. The fourth-order valence-corrected chi connectivity index (χ4v) is 4.41. The van der Waals surface area contributed by atoms with E-state index in [1.807, 2.05) is 4.90 Å². The molecule has 2 aromatic carbocycles. The SMILES string of the molecule is Cc1cccc(N2CCN(CC(O)CN3CCc4ccccc4C3)C(O)C2)c1. The van der Waals surface area contributed by atoms with Crippen LogP contribution in [0.5, 0.6) is 0 Å². The van der Waals surface area contributed by atoms with Gasteiger partial charge in [-0.2, -0.15) is 0 Å². The lowest BCUT2D eigenvalue weighted by molar-refractivity contribution is -0.0346. The number of β-amino-alcohol motifs (C(OH)–C–C–N with tert-alkyl or cyclic N) is 2. The molecule has 2 unspecified atom stereocenters. The molecule has 0 amide bonds. The van der Waals surface area contributed by atoms with E-state index < -0.39 is 12.3 Å². The summed E-state index contributed by atoms with van der Waals surface area (Å²) in [4.78, 5) is 6.55. The van der Waals surface area contributed by atoms with Crippen LogP contribution in [0.15, 0.2) is 48.5 Å². The Balaban J connectivity index is 1.28. The molecule has 2 aliphatic heterocycles. The van der Waals surface area contributed by atoms with Gasteiger partial charge < -0.3 is 15.1 Å². The predicted molar refractivity (Wildman–Crippen MR) is 112 cm³/mol. The number of anilines is 1. The largest absolute Gasteiger partial charge is 0.390 e. The third-order valence-corrected chi connectivity index (χ3v) is 5.95. The monoisotopic (exact) mass is 381 g/mol. The van der Waals surface area contributed by atoms with E-state index in [9.17, 15) is 10.2 Å². The Morgan fingerprint density at radius 1 is 1.00 bits per heavy atom. The topological polar surface area (TPSA) is 50.2 Å². The molecule has 28 heavy (non-hydrogen) atoms. The summed E-state index contributed by atoms with van der Waals surface area (Å²) in [6.07, 6.45) is 0.0390. The van der Waals surface area contributed by atoms with Gasteiger partial charge in [0.15, 0.2) is 0 Å². The number of fused-ring (bicyclic) bond motifs is 1. The van der Waals surface area contributed by atoms with Gasteiger partial charge in [-0.3, -0.25) is 9.80 Å². The summed E-state index contributed by atoms with van der Waals surface area (Å²) < 4.78 is 0. The maximum absolute atomic E-state index is 10.6. The van der Waals surface area contributed by atoms with Crippen LogP contribution in [0.4, 0.5) is 5.69 Å². The van der Waals surface area contributed by atoms with Gasteiger partial charge >= 0.3 is 0 Å². The van der Waals surface area contributed by atoms with Gasteiger partial charge in [0.1, 0.15) is 6.23 Å². The Hall–Kier alpha value is -1.92. The Morgan fingerprint density at radius 2 is 1.82 bits per heavy atom. The molecule has 1 fully saturated rings. The van der Waals surface area contributed by atoms with Gasteiger partial charge in [-0.25, -0.2) is 0 Å². The lowest BCUT2D eigenvalue weighted by Gasteiger charge is -2.41. The highest BCUT2D eigenvalue weighted by Gasteiger charge is 2.28. The molecule has 2 heterocycles. The zero-order valence-electron chi connectivity index (χ0n) is 16.7. The Morgan fingerprint density at radius 3 is 2.61 bits per heavy atom. The lowest BCUT2D eigenvalue weighted by atomic mass is 10.00. The van der Waals surface area contributed by atoms with Crippen molar-refractivity contribution in [2.45, 2.75) is 32.2 Å². The Kier molecular flexibility index (Phi) is 5.97. The number of aryl methyl sites for hydroxylation is 1. The Labute approximate surface area is 167 Å². The van der Waals surface area contributed by atoms with Gasteiger partial charge in [0.25, 0.3) is 0 Å². The first-order valence-electron chi connectivity index (χ1n) is 10.3. The van der Waals surface area contributed by atoms with Gasteiger partial charge in [-0.1, -0.05) is 36.4 Å². The third kappa shape index (κ3) is 4.55. The average molecular weight is 382 g/mol. The van der Waals surface area contributed by atoms with Crippen LogP contribution in [-0.4, -0.2) is 71.6 Å². The third-order valence-electron chi connectivity index (χ3n) is 5.95. The molecule has 0 bridgehead atoms. The molecule has 1 saturated heterocycles. The zero-order valence-corrected chi connectivity index (χ0v) is 16.7.